The molecular formula is C22H26N2O2S. The number of hydrogen-bond acceptors (Lipinski definition) is 3. The molecule has 1 N–H and O–H groups in total. The second-order valence-corrected chi connectivity index (χ2v) is 8.04. The molecule has 1 aliphatic heterocycles. The zero-order chi connectivity index (χ0) is 19.4. The van der Waals surface area contributed by atoms with E-state index in [0.29, 0.717) is 12.2 Å². The second kappa shape index (κ2) is 8.61. The summed E-state index contributed by atoms with van der Waals surface area (Å²) < 4.78 is 0. The molecule has 1 atom stereocenters. The maximum atomic E-state index is 12.6. The van der Waals surface area contributed by atoms with Crippen molar-refractivity contribution in [3.05, 3.63) is 59.2 Å². The Hall–Kier alpha value is -2.27. The fourth-order valence-electron chi connectivity index (χ4n) is 3.16. The standard InChI is InChI=1S/C22H26N2O2S/c1-4-5-9-20(25)23-18-8-6-7-17(13-18)22-24(21(26)14-27-22)19-11-10-15(2)16(3)12-19/h6-8,10-13,22H,4-5,9,14H2,1-3H3,(H,23,25)/t22-/m0/s1. The van der Waals surface area contributed by atoms with Gasteiger partial charge >= 0.3 is 0 Å². The van der Waals surface area contributed by atoms with E-state index < -0.39 is 0 Å². The average Bonchev–Trinajstić information content (AvgIpc) is 3.04. The molecule has 0 spiro atoms. The fraction of sp³-hybridized carbons (Fsp3) is 0.364. The third-order valence-electron chi connectivity index (χ3n) is 4.85. The highest BCUT2D eigenvalue weighted by atomic mass is 32.2. The van der Waals surface area contributed by atoms with Gasteiger partial charge in [0.25, 0.3) is 0 Å². The molecule has 0 aromatic heterocycles. The molecule has 142 valence electrons. The Kier molecular flexibility index (Phi) is 6.22. The molecular weight excluding hydrogens is 356 g/mol. The third kappa shape index (κ3) is 4.53. The van der Waals surface area contributed by atoms with E-state index in [4.69, 9.17) is 0 Å². The van der Waals surface area contributed by atoms with Crippen LogP contribution < -0.4 is 10.2 Å². The largest absolute Gasteiger partial charge is 0.326 e. The molecule has 3 rings (SSSR count). The highest BCUT2D eigenvalue weighted by molar-refractivity contribution is 8.00. The Morgan fingerprint density at radius 2 is 2.00 bits per heavy atom. The number of amides is 2. The number of anilines is 2. The first kappa shape index (κ1) is 19.5. The summed E-state index contributed by atoms with van der Waals surface area (Å²) in [6.07, 6.45) is 2.42. The molecule has 1 aliphatic rings. The number of carbonyl (C=O) groups excluding carboxylic acids is 2. The number of nitrogens with one attached hydrogen (secondary N) is 1. The lowest BCUT2D eigenvalue weighted by Crippen LogP contribution is -2.28. The lowest BCUT2D eigenvalue weighted by atomic mass is 10.1. The van der Waals surface area contributed by atoms with Gasteiger partial charge in [-0.25, -0.2) is 0 Å². The summed E-state index contributed by atoms with van der Waals surface area (Å²) in [7, 11) is 0. The molecule has 4 nitrogen and oxygen atoms in total. The van der Waals surface area contributed by atoms with Crippen molar-refractivity contribution in [1.82, 2.24) is 0 Å². The van der Waals surface area contributed by atoms with E-state index in [1.807, 2.05) is 35.2 Å². The van der Waals surface area contributed by atoms with Gasteiger partial charge in [0.2, 0.25) is 11.8 Å². The number of rotatable bonds is 6. The lowest BCUT2D eigenvalue weighted by Gasteiger charge is -2.25. The summed E-state index contributed by atoms with van der Waals surface area (Å²) >= 11 is 1.62. The minimum atomic E-state index is -0.0768. The molecule has 1 fully saturated rings. The Labute approximate surface area is 165 Å². The van der Waals surface area contributed by atoms with Crippen LogP contribution in [-0.2, 0) is 9.59 Å². The highest BCUT2D eigenvalue weighted by Gasteiger charge is 2.34. The summed E-state index contributed by atoms with van der Waals surface area (Å²) in [5.41, 5.74) is 5.13. The molecule has 0 saturated carbocycles. The first-order valence-corrected chi connectivity index (χ1v) is 10.4. The number of nitrogens with zero attached hydrogens (tertiary/aromatic N) is 1. The van der Waals surface area contributed by atoms with E-state index in [-0.39, 0.29) is 17.2 Å². The summed E-state index contributed by atoms with van der Waals surface area (Å²) in [5, 5.41) is 2.89. The molecule has 0 radical (unpaired) electrons. The quantitative estimate of drug-likeness (QED) is 0.746. The third-order valence-corrected chi connectivity index (χ3v) is 6.06. The number of hydrogen-bond donors (Lipinski definition) is 1. The molecule has 5 heteroatoms. The second-order valence-electron chi connectivity index (χ2n) is 6.97. The van der Waals surface area contributed by atoms with Crippen LogP contribution in [0.15, 0.2) is 42.5 Å². The summed E-state index contributed by atoms with van der Waals surface area (Å²) in [6.45, 7) is 6.21. The van der Waals surface area contributed by atoms with Gasteiger partial charge in [0.1, 0.15) is 5.37 Å². The monoisotopic (exact) mass is 382 g/mol. The smallest absolute Gasteiger partial charge is 0.238 e. The predicted octanol–water partition coefficient (Wildman–Crippen LogP) is 5.21. The molecule has 0 aliphatic carbocycles. The zero-order valence-electron chi connectivity index (χ0n) is 16.1. The van der Waals surface area contributed by atoms with Gasteiger partial charge in [-0.2, -0.15) is 0 Å². The van der Waals surface area contributed by atoms with Gasteiger partial charge in [0.15, 0.2) is 0 Å². The molecule has 1 heterocycles. The van der Waals surface area contributed by atoms with E-state index in [1.54, 1.807) is 11.8 Å². The van der Waals surface area contributed by atoms with E-state index >= 15 is 0 Å². The zero-order valence-corrected chi connectivity index (χ0v) is 16.9. The van der Waals surface area contributed by atoms with Crippen LogP contribution in [0.25, 0.3) is 0 Å². The van der Waals surface area contributed by atoms with E-state index in [0.717, 1.165) is 29.8 Å². The molecule has 2 amide bonds. The van der Waals surface area contributed by atoms with Crippen LogP contribution in [0.1, 0.15) is 48.3 Å². The SMILES string of the molecule is CCCCC(=O)Nc1cccc([C@@H]2SCC(=O)N2c2ccc(C)c(C)c2)c1. The van der Waals surface area contributed by atoms with Crippen LogP contribution >= 0.6 is 11.8 Å². The topological polar surface area (TPSA) is 49.4 Å². The van der Waals surface area contributed by atoms with Crippen LogP contribution in [0.5, 0.6) is 0 Å². The lowest BCUT2D eigenvalue weighted by molar-refractivity contribution is -0.116. The molecule has 2 aromatic carbocycles. The number of thioether (sulfide) groups is 1. The molecule has 0 unspecified atom stereocenters. The predicted molar refractivity (Wildman–Crippen MR) is 113 cm³/mol. The minimum absolute atomic E-state index is 0.0372. The van der Waals surface area contributed by atoms with Gasteiger partial charge < -0.3 is 5.32 Å². The van der Waals surface area contributed by atoms with Gasteiger partial charge in [-0.15, -0.1) is 11.8 Å². The van der Waals surface area contributed by atoms with Crippen LogP contribution in [-0.4, -0.2) is 17.6 Å². The van der Waals surface area contributed by atoms with Crippen LogP contribution in [0.3, 0.4) is 0 Å². The Morgan fingerprint density at radius 1 is 1.19 bits per heavy atom. The van der Waals surface area contributed by atoms with E-state index in [2.05, 4.69) is 38.2 Å². The summed E-state index contributed by atoms with van der Waals surface area (Å²) in [4.78, 5) is 26.5. The number of unbranched alkanes of at least 4 members (excludes halogenated alkanes) is 1. The summed E-state index contributed by atoms with van der Waals surface area (Å²) in [5.74, 6) is 0.616. The number of benzene rings is 2. The molecule has 1 saturated heterocycles. The Morgan fingerprint density at radius 3 is 2.74 bits per heavy atom. The van der Waals surface area contributed by atoms with Gasteiger partial charge in [-0.1, -0.05) is 31.5 Å². The first-order valence-electron chi connectivity index (χ1n) is 9.40. The molecule has 0 bridgehead atoms. The van der Waals surface area contributed by atoms with Crippen LogP contribution in [0, 0.1) is 13.8 Å². The van der Waals surface area contributed by atoms with Crippen molar-refractivity contribution < 1.29 is 9.59 Å². The van der Waals surface area contributed by atoms with Gasteiger partial charge in [0, 0.05) is 17.8 Å². The van der Waals surface area contributed by atoms with Crippen molar-refractivity contribution in [2.24, 2.45) is 0 Å². The maximum Gasteiger partial charge on any atom is 0.238 e. The fourth-order valence-corrected chi connectivity index (χ4v) is 4.32. The first-order chi connectivity index (χ1) is 13.0. The van der Waals surface area contributed by atoms with Gasteiger partial charge in [-0.3, -0.25) is 14.5 Å². The Bertz CT molecular complexity index is 850. The molecule has 2 aromatic rings. The minimum Gasteiger partial charge on any atom is -0.326 e. The van der Waals surface area contributed by atoms with Crippen molar-refractivity contribution in [3.63, 3.8) is 0 Å². The van der Waals surface area contributed by atoms with Crippen molar-refractivity contribution in [3.8, 4) is 0 Å². The normalized spacial score (nSPS) is 16.6. The Balaban J connectivity index is 1.84. The number of carbonyl (C=O) groups is 2. The van der Waals surface area contributed by atoms with Crippen LogP contribution in [0.4, 0.5) is 11.4 Å². The van der Waals surface area contributed by atoms with Crippen molar-refractivity contribution >= 4 is 35.0 Å². The van der Waals surface area contributed by atoms with Crippen molar-refractivity contribution in [2.75, 3.05) is 16.0 Å². The maximum absolute atomic E-state index is 12.6. The number of aryl methyl sites for hydroxylation is 2. The van der Waals surface area contributed by atoms with Gasteiger partial charge in [-0.05, 0) is 61.2 Å². The van der Waals surface area contributed by atoms with Crippen molar-refractivity contribution in [1.29, 1.82) is 0 Å². The van der Waals surface area contributed by atoms with E-state index in [9.17, 15) is 9.59 Å². The summed E-state index contributed by atoms with van der Waals surface area (Å²) in [6, 6.07) is 14.0. The average molecular weight is 383 g/mol. The van der Waals surface area contributed by atoms with Gasteiger partial charge in [0.05, 0.1) is 5.75 Å². The highest BCUT2D eigenvalue weighted by Crippen LogP contribution is 2.42. The van der Waals surface area contributed by atoms with Crippen LogP contribution in [0.2, 0.25) is 0 Å². The van der Waals surface area contributed by atoms with E-state index in [1.165, 1.54) is 11.1 Å². The molecule has 27 heavy (non-hydrogen) atoms. The van der Waals surface area contributed by atoms with Crippen molar-refractivity contribution in [2.45, 2.75) is 45.4 Å².